The Kier molecular flexibility index (Phi) is 6.38. The average Bonchev–Trinajstić information content (AvgIpc) is 2.54. The zero-order chi connectivity index (χ0) is 17.4. The summed E-state index contributed by atoms with van der Waals surface area (Å²) in [5, 5.41) is 0. The molecule has 0 heterocycles. The minimum atomic E-state index is -0.227. The van der Waals surface area contributed by atoms with Crippen LogP contribution in [0.2, 0.25) is 0 Å². The van der Waals surface area contributed by atoms with Crippen LogP contribution in [0.5, 0.6) is 5.75 Å². The monoisotopic (exact) mass is 327 g/mol. The molecule has 0 bridgehead atoms. The lowest BCUT2D eigenvalue weighted by molar-refractivity contribution is 0.0199. The van der Waals surface area contributed by atoms with E-state index in [-0.39, 0.29) is 17.9 Å². The molecule has 0 aliphatic carbocycles. The third-order valence-electron chi connectivity index (χ3n) is 3.34. The minimum Gasteiger partial charge on any atom is -0.491 e. The Balaban J connectivity index is 1.80. The third-order valence-corrected chi connectivity index (χ3v) is 3.34. The van der Waals surface area contributed by atoms with Crippen LogP contribution in [0.1, 0.15) is 36.7 Å². The second-order valence-corrected chi connectivity index (χ2v) is 6.84. The van der Waals surface area contributed by atoms with Crippen LogP contribution >= 0.6 is 0 Å². The van der Waals surface area contributed by atoms with Gasteiger partial charge in [-0.2, -0.15) is 0 Å². The predicted molar refractivity (Wildman–Crippen MR) is 95.0 cm³/mol. The van der Waals surface area contributed by atoms with Crippen molar-refractivity contribution in [1.29, 1.82) is 0 Å². The van der Waals surface area contributed by atoms with Crippen molar-refractivity contribution in [1.82, 2.24) is 5.48 Å². The van der Waals surface area contributed by atoms with Crippen LogP contribution < -0.4 is 10.2 Å². The molecular weight excluding hydrogens is 302 g/mol. The van der Waals surface area contributed by atoms with Crippen molar-refractivity contribution in [2.24, 2.45) is 5.41 Å². The first kappa shape index (κ1) is 18.0. The summed E-state index contributed by atoms with van der Waals surface area (Å²) >= 11 is 0. The number of hydrogen-bond acceptors (Lipinski definition) is 3. The van der Waals surface area contributed by atoms with Gasteiger partial charge in [0.25, 0.3) is 5.91 Å². The maximum Gasteiger partial charge on any atom is 0.275 e. The molecule has 4 nitrogen and oxygen atoms in total. The maximum atomic E-state index is 12.3. The van der Waals surface area contributed by atoms with E-state index in [4.69, 9.17) is 9.57 Å². The molecule has 0 saturated heterocycles. The molecule has 2 aromatic rings. The SMILES string of the molecule is CC(C)(C)Cc1ccccc1C(=O)NOCCOc1ccccc1. The molecule has 2 aromatic carbocycles. The summed E-state index contributed by atoms with van der Waals surface area (Å²) in [7, 11) is 0. The van der Waals surface area contributed by atoms with Crippen molar-refractivity contribution in [3.8, 4) is 5.75 Å². The summed E-state index contributed by atoms with van der Waals surface area (Å²) < 4.78 is 5.51. The molecule has 0 spiro atoms. The molecular formula is C20H25NO3. The molecule has 0 fully saturated rings. The van der Waals surface area contributed by atoms with Gasteiger partial charge in [0.2, 0.25) is 0 Å². The first-order valence-electron chi connectivity index (χ1n) is 8.13. The largest absolute Gasteiger partial charge is 0.491 e. The Labute approximate surface area is 143 Å². The van der Waals surface area contributed by atoms with E-state index < -0.39 is 0 Å². The molecule has 0 aliphatic heterocycles. The second kappa shape index (κ2) is 8.50. The van der Waals surface area contributed by atoms with Crippen LogP contribution in [0.3, 0.4) is 0 Å². The second-order valence-electron chi connectivity index (χ2n) is 6.84. The highest BCUT2D eigenvalue weighted by Gasteiger charge is 2.17. The molecule has 0 saturated carbocycles. The molecule has 4 heteroatoms. The first-order valence-corrected chi connectivity index (χ1v) is 8.13. The Morgan fingerprint density at radius 1 is 0.958 bits per heavy atom. The summed E-state index contributed by atoms with van der Waals surface area (Å²) in [6.07, 6.45) is 0.827. The van der Waals surface area contributed by atoms with E-state index in [2.05, 4.69) is 26.3 Å². The van der Waals surface area contributed by atoms with E-state index in [1.165, 1.54) is 0 Å². The zero-order valence-electron chi connectivity index (χ0n) is 14.5. The van der Waals surface area contributed by atoms with Gasteiger partial charge in [-0.05, 0) is 35.6 Å². The van der Waals surface area contributed by atoms with E-state index in [0.29, 0.717) is 12.2 Å². The van der Waals surface area contributed by atoms with Crippen molar-refractivity contribution < 1.29 is 14.4 Å². The Morgan fingerprint density at radius 2 is 1.62 bits per heavy atom. The Bertz CT molecular complexity index is 647. The Hall–Kier alpha value is -2.33. The van der Waals surface area contributed by atoms with Gasteiger partial charge >= 0.3 is 0 Å². The molecule has 1 amide bonds. The summed E-state index contributed by atoms with van der Waals surface area (Å²) in [6.45, 7) is 7.10. The van der Waals surface area contributed by atoms with E-state index in [1.54, 1.807) is 0 Å². The number of hydroxylamine groups is 1. The van der Waals surface area contributed by atoms with Crippen LogP contribution in [-0.2, 0) is 11.3 Å². The fourth-order valence-electron chi connectivity index (χ4n) is 2.36. The lowest BCUT2D eigenvalue weighted by Crippen LogP contribution is -2.27. The molecule has 0 atom stereocenters. The van der Waals surface area contributed by atoms with E-state index in [1.807, 2.05) is 54.6 Å². The van der Waals surface area contributed by atoms with Crippen LogP contribution in [0.15, 0.2) is 54.6 Å². The van der Waals surface area contributed by atoms with Gasteiger partial charge in [-0.1, -0.05) is 57.2 Å². The summed E-state index contributed by atoms with van der Waals surface area (Å²) in [5.74, 6) is 0.553. The number of carbonyl (C=O) groups excluding carboxylic acids is 1. The minimum absolute atomic E-state index is 0.112. The number of ether oxygens (including phenoxy) is 1. The Morgan fingerprint density at radius 3 is 2.33 bits per heavy atom. The zero-order valence-corrected chi connectivity index (χ0v) is 14.5. The molecule has 0 aliphatic rings. The van der Waals surface area contributed by atoms with Gasteiger partial charge < -0.3 is 4.74 Å². The molecule has 1 N–H and O–H groups in total. The maximum absolute atomic E-state index is 12.3. The van der Waals surface area contributed by atoms with Gasteiger partial charge in [0.1, 0.15) is 19.0 Å². The van der Waals surface area contributed by atoms with Gasteiger partial charge in [0.05, 0.1) is 0 Å². The van der Waals surface area contributed by atoms with E-state index >= 15 is 0 Å². The molecule has 0 unspecified atom stereocenters. The standard InChI is InChI=1S/C20H25NO3/c1-20(2,3)15-16-9-7-8-12-18(16)19(22)21-24-14-13-23-17-10-5-4-6-11-17/h4-12H,13-15H2,1-3H3,(H,21,22). The van der Waals surface area contributed by atoms with Gasteiger partial charge in [-0.3, -0.25) is 9.63 Å². The lowest BCUT2D eigenvalue weighted by atomic mass is 9.86. The van der Waals surface area contributed by atoms with Crippen LogP contribution in [-0.4, -0.2) is 19.1 Å². The van der Waals surface area contributed by atoms with Crippen molar-refractivity contribution in [2.45, 2.75) is 27.2 Å². The van der Waals surface area contributed by atoms with Crippen LogP contribution in [0.4, 0.5) is 0 Å². The van der Waals surface area contributed by atoms with E-state index in [0.717, 1.165) is 17.7 Å². The lowest BCUT2D eigenvalue weighted by Gasteiger charge is -2.20. The molecule has 128 valence electrons. The smallest absolute Gasteiger partial charge is 0.275 e. The van der Waals surface area contributed by atoms with Crippen molar-refractivity contribution in [3.05, 3.63) is 65.7 Å². The van der Waals surface area contributed by atoms with Crippen LogP contribution in [0, 0.1) is 5.41 Å². The number of para-hydroxylation sites is 1. The number of hydrogen-bond donors (Lipinski definition) is 1. The normalized spacial score (nSPS) is 11.1. The molecule has 0 aromatic heterocycles. The highest BCUT2D eigenvalue weighted by Crippen LogP contribution is 2.22. The highest BCUT2D eigenvalue weighted by molar-refractivity contribution is 5.95. The number of rotatable bonds is 7. The number of benzene rings is 2. The van der Waals surface area contributed by atoms with Gasteiger partial charge in [0.15, 0.2) is 0 Å². The van der Waals surface area contributed by atoms with E-state index in [9.17, 15) is 4.79 Å². The van der Waals surface area contributed by atoms with Gasteiger partial charge in [-0.15, -0.1) is 0 Å². The fourth-order valence-corrected chi connectivity index (χ4v) is 2.36. The molecule has 0 radical (unpaired) electrons. The summed E-state index contributed by atoms with van der Waals surface area (Å²) in [5.41, 5.74) is 4.27. The number of nitrogens with one attached hydrogen (secondary N) is 1. The fraction of sp³-hybridized carbons (Fsp3) is 0.350. The molecule has 2 rings (SSSR count). The van der Waals surface area contributed by atoms with Crippen LogP contribution in [0.25, 0.3) is 0 Å². The van der Waals surface area contributed by atoms with Gasteiger partial charge in [-0.25, -0.2) is 5.48 Å². The topological polar surface area (TPSA) is 47.6 Å². The third kappa shape index (κ3) is 6.05. The number of carbonyl (C=O) groups is 1. The first-order chi connectivity index (χ1) is 11.5. The van der Waals surface area contributed by atoms with Crippen molar-refractivity contribution >= 4 is 5.91 Å². The van der Waals surface area contributed by atoms with Crippen molar-refractivity contribution in [3.63, 3.8) is 0 Å². The quantitative estimate of drug-likeness (QED) is 0.617. The number of amides is 1. The predicted octanol–water partition coefficient (Wildman–Crippen LogP) is 4.02. The molecule has 24 heavy (non-hydrogen) atoms. The van der Waals surface area contributed by atoms with Crippen molar-refractivity contribution in [2.75, 3.05) is 13.2 Å². The summed E-state index contributed by atoms with van der Waals surface area (Å²) in [4.78, 5) is 17.5. The van der Waals surface area contributed by atoms with Gasteiger partial charge in [0, 0.05) is 5.56 Å². The highest BCUT2D eigenvalue weighted by atomic mass is 16.7. The average molecular weight is 327 g/mol. The summed E-state index contributed by atoms with van der Waals surface area (Å²) in [6, 6.07) is 17.1.